The van der Waals surface area contributed by atoms with Crippen molar-refractivity contribution >= 4 is 34.9 Å². The molecule has 0 aliphatic carbocycles. The number of aromatic nitrogens is 2. The van der Waals surface area contributed by atoms with Gasteiger partial charge in [-0.1, -0.05) is 72.4 Å². The molecular weight excluding hydrogens is 535 g/mol. The Morgan fingerprint density at radius 2 is 1.77 bits per heavy atom. The molecular formula is C29H23FN4O5S. The Balaban J connectivity index is 1.67. The molecule has 11 heteroatoms. The minimum Gasteiger partial charge on any atom is -0.463 e. The summed E-state index contributed by atoms with van der Waals surface area (Å²) in [4.78, 5) is 45.1. The zero-order chi connectivity index (χ0) is 28.2. The Bertz CT molecular complexity index is 1670. The summed E-state index contributed by atoms with van der Waals surface area (Å²) < 4.78 is 19.6. The van der Waals surface area contributed by atoms with E-state index >= 15 is 0 Å². The fraction of sp³-hybridized carbons (Fsp3) is 0.138. The van der Waals surface area contributed by atoms with Crippen molar-refractivity contribution in [1.29, 1.82) is 0 Å². The molecule has 202 valence electrons. The highest BCUT2D eigenvalue weighted by atomic mass is 32.2. The van der Waals surface area contributed by atoms with E-state index in [0.717, 1.165) is 11.8 Å². The highest BCUT2D eigenvalue weighted by Gasteiger charge is 2.38. The summed E-state index contributed by atoms with van der Waals surface area (Å²) in [5.41, 5.74) is 1.69. The average Bonchev–Trinajstić information content (AvgIpc) is 2.96. The molecule has 3 aromatic carbocycles. The number of carbonyl (C=O) groups is 1. The van der Waals surface area contributed by atoms with Gasteiger partial charge in [-0.05, 0) is 29.7 Å². The normalized spacial score (nSPS) is 14.3. The van der Waals surface area contributed by atoms with Crippen LogP contribution >= 0.6 is 11.8 Å². The van der Waals surface area contributed by atoms with E-state index in [4.69, 9.17) is 4.74 Å². The average molecular weight is 559 g/mol. The summed E-state index contributed by atoms with van der Waals surface area (Å²) >= 11 is 1.16. The second-order valence-corrected chi connectivity index (χ2v) is 9.76. The van der Waals surface area contributed by atoms with Crippen LogP contribution in [0.3, 0.4) is 0 Å². The number of non-ortho nitro benzene ring substituents is 1. The number of hydrogen-bond donors (Lipinski definition) is 2. The Hall–Kier alpha value is -4.77. The molecule has 0 fully saturated rings. The number of anilines is 1. The van der Waals surface area contributed by atoms with Crippen molar-refractivity contribution < 1.29 is 18.8 Å². The van der Waals surface area contributed by atoms with E-state index in [0.29, 0.717) is 22.4 Å². The predicted octanol–water partition coefficient (Wildman–Crippen LogP) is 5.64. The molecule has 0 saturated carbocycles. The van der Waals surface area contributed by atoms with E-state index in [1.807, 2.05) is 18.2 Å². The van der Waals surface area contributed by atoms with Gasteiger partial charge in [-0.3, -0.25) is 14.9 Å². The second-order valence-electron chi connectivity index (χ2n) is 8.80. The molecule has 2 N–H and O–H groups in total. The third-order valence-corrected chi connectivity index (χ3v) is 7.26. The summed E-state index contributed by atoms with van der Waals surface area (Å²) in [5, 5.41) is 14.7. The van der Waals surface area contributed by atoms with Gasteiger partial charge >= 0.3 is 5.97 Å². The Kier molecular flexibility index (Phi) is 7.74. The first-order valence-corrected chi connectivity index (χ1v) is 13.3. The van der Waals surface area contributed by atoms with Gasteiger partial charge in [0.05, 0.1) is 34.3 Å². The van der Waals surface area contributed by atoms with E-state index in [9.17, 15) is 24.1 Å². The molecule has 1 aliphatic heterocycles. The molecule has 0 spiro atoms. The largest absolute Gasteiger partial charge is 0.463 e. The molecule has 5 rings (SSSR count). The number of carbonyl (C=O) groups excluding carboxylic acids is 1. The highest BCUT2D eigenvalue weighted by molar-refractivity contribution is 7.98. The van der Waals surface area contributed by atoms with Crippen LogP contribution in [0.1, 0.15) is 35.1 Å². The summed E-state index contributed by atoms with van der Waals surface area (Å²) in [5.74, 6) is -1.49. The first kappa shape index (κ1) is 26.8. The van der Waals surface area contributed by atoms with Crippen LogP contribution in [-0.2, 0) is 15.3 Å². The van der Waals surface area contributed by atoms with Crippen molar-refractivity contribution in [1.82, 2.24) is 9.97 Å². The number of nitro groups is 1. The Morgan fingerprint density at radius 3 is 2.45 bits per heavy atom. The van der Waals surface area contributed by atoms with Gasteiger partial charge < -0.3 is 15.0 Å². The lowest BCUT2D eigenvalue weighted by Gasteiger charge is -2.30. The summed E-state index contributed by atoms with van der Waals surface area (Å²) in [6, 6.07) is 21.1. The number of nitrogens with zero attached hydrogens (tertiary/aromatic N) is 2. The van der Waals surface area contributed by atoms with E-state index in [1.54, 1.807) is 37.3 Å². The second kappa shape index (κ2) is 11.5. The van der Waals surface area contributed by atoms with Gasteiger partial charge in [0.15, 0.2) is 5.16 Å². The quantitative estimate of drug-likeness (QED) is 0.0935. The first-order chi connectivity index (χ1) is 19.4. The lowest BCUT2D eigenvalue weighted by Crippen LogP contribution is -2.31. The van der Waals surface area contributed by atoms with E-state index in [2.05, 4.69) is 15.3 Å². The zero-order valence-electron chi connectivity index (χ0n) is 21.2. The van der Waals surface area contributed by atoms with Crippen LogP contribution in [0.25, 0.3) is 5.70 Å². The number of esters is 1. The van der Waals surface area contributed by atoms with Gasteiger partial charge in [-0.15, -0.1) is 0 Å². The number of aromatic amines is 1. The van der Waals surface area contributed by atoms with Crippen molar-refractivity contribution in [3.05, 3.63) is 133 Å². The highest BCUT2D eigenvalue weighted by Crippen LogP contribution is 2.43. The molecule has 4 aromatic rings. The van der Waals surface area contributed by atoms with Crippen LogP contribution in [0.2, 0.25) is 0 Å². The lowest BCUT2D eigenvalue weighted by atomic mass is 9.81. The first-order valence-electron chi connectivity index (χ1n) is 12.4. The van der Waals surface area contributed by atoms with Crippen molar-refractivity contribution in [2.45, 2.75) is 23.8 Å². The molecule has 1 aromatic heterocycles. The van der Waals surface area contributed by atoms with Gasteiger partial charge in [-0.2, -0.15) is 0 Å². The summed E-state index contributed by atoms with van der Waals surface area (Å²) in [6.45, 7) is 1.78. The number of benzene rings is 3. The SMILES string of the molecule is CCOC(=O)C1=C(c2ccccc2)Nc2nc(SCc3ccccc3F)[nH]c(=O)c2C1c1ccc([N+](=O)[O-])cc1. The van der Waals surface area contributed by atoms with Crippen LogP contribution in [0.5, 0.6) is 0 Å². The van der Waals surface area contributed by atoms with Crippen molar-refractivity contribution in [3.8, 4) is 0 Å². The number of H-pyrrole nitrogens is 1. The summed E-state index contributed by atoms with van der Waals surface area (Å²) in [7, 11) is 0. The third kappa shape index (κ3) is 5.36. The molecule has 0 saturated heterocycles. The van der Waals surface area contributed by atoms with Gasteiger partial charge in [0, 0.05) is 17.9 Å². The minimum absolute atomic E-state index is 0.102. The van der Waals surface area contributed by atoms with E-state index < -0.39 is 22.4 Å². The van der Waals surface area contributed by atoms with E-state index in [1.165, 1.54) is 30.3 Å². The van der Waals surface area contributed by atoms with Gasteiger partial charge in [0.25, 0.3) is 11.2 Å². The van der Waals surface area contributed by atoms with Crippen LogP contribution in [-0.4, -0.2) is 27.5 Å². The molecule has 2 heterocycles. The fourth-order valence-electron chi connectivity index (χ4n) is 4.51. The molecule has 0 bridgehead atoms. The number of hydrogen-bond acceptors (Lipinski definition) is 8. The number of ether oxygens (including phenoxy) is 1. The number of halogens is 1. The number of thioether (sulfide) groups is 1. The van der Waals surface area contributed by atoms with Gasteiger partial charge in [-0.25, -0.2) is 14.2 Å². The molecule has 40 heavy (non-hydrogen) atoms. The molecule has 9 nitrogen and oxygen atoms in total. The van der Waals surface area contributed by atoms with Crippen molar-refractivity contribution in [3.63, 3.8) is 0 Å². The standard InChI is InChI=1S/C29H23FN4O5S/c1-2-39-28(36)23-22(17-12-14-20(15-13-17)34(37)38)24-26(31-25(23)18-8-4-3-5-9-18)32-29(33-27(24)35)40-16-19-10-6-7-11-21(19)30/h3-15,22H,2,16H2,1H3,(H2,31,32,33,35). The van der Waals surface area contributed by atoms with Crippen molar-refractivity contribution in [2.75, 3.05) is 11.9 Å². The van der Waals surface area contributed by atoms with Crippen molar-refractivity contribution in [2.24, 2.45) is 0 Å². The smallest absolute Gasteiger partial charge is 0.337 e. The minimum atomic E-state index is -0.937. The topological polar surface area (TPSA) is 127 Å². The molecule has 1 atom stereocenters. The predicted molar refractivity (Wildman–Crippen MR) is 149 cm³/mol. The maximum Gasteiger partial charge on any atom is 0.337 e. The Morgan fingerprint density at radius 1 is 1.07 bits per heavy atom. The van der Waals surface area contributed by atoms with Gasteiger partial charge in [0.1, 0.15) is 11.6 Å². The number of nitro benzene ring substituents is 1. The maximum atomic E-state index is 14.2. The van der Waals surface area contributed by atoms with Crippen LogP contribution in [0.4, 0.5) is 15.9 Å². The summed E-state index contributed by atoms with van der Waals surface area (Å²) in [6.07, 6.45) is 0. The van der Waals surface area contributed by atoms with Crippen LogP contribution in [0.15, 0.2) is 94.4 Å². The lowest BCUT2D eigenvalue weighted by molar-refractivity contribution is -0.384. The molecule has 0 radical (unpaired) electrons. The Labute approximate surface area is 232 Å². The maximum absolute atomic E-state index is 14.2. The van der Waals surface area contributed by atoms with Gasteiger partial charge in [0.2, 0.25) is 0 Å². The zero-order valence-corrected chi connectivity index (χ0v) is 22.0. The molecule has 1 unspecified atom stereocenters. The third-order valence-electron chi connectivity index (χ3n) is 6.34. The van der Waals surface area contributed by atoms with E-state index in [-0.39, 0.29) is 46.0 Å². The number of nitrogens with one attached hydrogen (secondary N) is 2. The molecule has 1 aliphatic rings. The monoisotopic (exact) mass is 558 g/mol. The fourth-order valence-corrected chi connectivity index (χ4v) is 5.36. The molecule has 0 amide bonds. The number of rotatable bonds is 8. The van der Waals surface area contributed by atoms with Crippen LogP contribution in [0, 0.1) is 15.9 Å². The van der Waals surface area contributed by atoms with Crippen LogP contribution < -0.4 is 10.9 Å². The number of fused-ring (bicyclic) bond motifs is 1.